The van der Waals surface area contributed by atoms with Gasteiger partial charge in [0.25, 0.3) is 0 Å². The lowest BCUT2D eigenvalue weighted by atomic mass is 10.3. The number of nitrogens with zero attached hydrogens (tertiary/aromatic N) is 3. The van der Waals surface area contributed by atoms with E-state index in [1.807, 2.05) is 24.3 Å². The highest BCUT2D eigenvalue weighted by atomic mass is 79.9. The third-order valence-corrected chi connectivity index (χ3v) is 2.42. The fourth-order valence-corrected chi connectivity index (χ4v) is 1.36. The second-order valence-electron chi connectivity index (χ2n) is 3.05. The molecule has 1 aliphatic heterocycles. The first kappa shape index (κ1) is 10.6. The van der Waals surface area contributed by atoms with Crippen LogP contribution in [0.15, 0.2) is 44.0 Å². The molecule has 1 aromatic rings. The van der Waals surface area contributed by atoms with E-state index in [9.17, 15) is 0 Å². The third-order valence-electron chi connectivity index (χ3n) is 1.89. The molecule has 7 heteroatoms. The fraction of sp³-hybridized carbons (Fsp3) is 0. The van der Waals surface area contributed by atoms with E-state index in [0.717, 1.165) is 10.2 Å². The highest BCUT2D eigenvalue weighted by molar-refractivity contribution is 9.10. The van der Waals surface area contributed by atoms with Crippen LogP contribution in [0, 0.1) is 0 Å². The van der Waals surface area contributed by atoms with Gasteiger partial charge in [0, 0.05) is 4.47 Å². The van der Waals surface area contributed by atoms with Gasteiger partial charge in [0.15, 0.2) is 17.4 Å². The van der Waals surface area contributed by atoms with Gasteiger partial charge < -0.3 is 11.5 Å². The Bertz CT molecular complexity index is 467. The van der Waals surface area contributed by atoms with E-state index in [2.05, 4.69) is 36.7 Å². The smallest absolute Gasteiger partial charge is 0.177 e. The molecule has 16 heavy (non-hydrogen) atoms. The Hall–Kier alpha value is -1.89. The monoisotopic (exact) mass is 280 g/mol. The van der Waals surface area contributed by atoms with Crippen LogP contribution in [0.25, 0.3) is 0 Å². The Labute approximate surface area is 100 Å². The first-order valence-electron chi connectivity index (χ1n) is 4.43. The van der Waals surface area contributed by atoms with Crippen molar-refractivity contribution in [1.29, 1.82) is 0 Å². The summed E-state index contributed by atoms with van der Waals surface area (Å²) in [4.78, 5) is 0. The van der Waals surface area contributed by atoms with Crippen LogP contribution < -0.4 is 16.9 Å². The van der Waals surface area contributed by atoms with Crippen LogP contribution in [0.1, 0.15) is 0 Å². The molecule has 1 heterocycles. The molecule has 0 radical (unpaired) electrons. The van der Waals surface area contributed by atoms with Crippen molar-refractivity contribution in [2.75, 3.05) is 5.43 Å². The highest BCUT2D eigenvalue weighted by Gasteiger charge is 2.16. The average molecular weight is 281 g/mol. The zero-order valence-electron chi connectivity index (χ0n) is 8.18. The van der Waals surface area contributed by atoms with Crippen LogP contribution in [-0.2, 0) is 0 Å². The molecule has 0 atom stereocenters. The predicted octanol–water partition coefficient (Wildman–Crippen LogP) is 0.860. The molecule has 1 aromatic carbocycles. The minimum Gasteiger partial charge on any atom is -0.380 e. The quantitative estimate of drug-likeness (QED) is 0.701. The SMILES string of the molecule is NC1=NN=C(N)C1=NNc1ccc(Br)cc1. The Kier molecular flexibility index (Phi) is 2.86. The first-order chi connectivity index (χ1) is 7.66. The molecule has 82 valence electrons. The van der Waals surface area contributed by atoms with Crippen molar-refractivity contribution < 1.29 is 0 Å². The van der Waals surface area contributed by atoms with Gasteiger partial charge in [-0.05, 0) is 24.3 Å². The number of anilines is 1. The Morgan fingerprint density at radius 2 is 1.62 bits per heavy atom. The number of nitrogens with two attached hydrogens (primary N) is 2. The second kappa shape index (κ2) is 4.31. The van der Waals surface area contributed by atoms with Gasteiger partial charge in [-0.3, -0.25) is 5.43 Å². The summed E-state index contributed by atoms with van der Waals surface area (Å²) in [6.07, 6.45) is 0. The summed E-state index contributed by atoms with van der Waals surface area (Å²) >= 11 is 3.34. The van der Waals surface area contributed by atoms with Gasteiger partial charge in [-0.2, -0.15) is 5.10 Å². The molecule has 1 aliphatic rings. The summed E-state index contributed by atoms with van der Waals surface area (Å²) in [6.45, 7) is 0. The maximum atomic E-state index is 5.53. The number of hydrazone groups is 1. The Balaban J connectivity index is 2.12. The zero-order chi connectivity index (χ0) is 11.5. The maximum Gasteiger partial charge on any atom is 0.177 e. The fourth-order valence-electron chi connectivity index (χ4n) is 1.09. The van der Waals surface area contributed by atoms with Crippen molar-refractivity contribution in [1.82, 2.24) is 0 Å². The molecule has 0 saturated heterocycles. The predicted molar refractivity (Wildman–Crippen MR) is 68.4 cm³/mol. The standard InChI is InChI=1S/C9H9BrN6/c10-5-1-3-6(4-2-5)13-14-7-8(11)15-16-9(7)12/h1-4,13H,(H4,11,12,14,15,16). The molecule has 0 spiro atoms. The van der Waals surface area contributed by atoms with Gasteiger partial charge in [0.2, 0.25) is 0 Å². The van der Waals surface area contributed by atoms with Gasteiger partial charge >= 0.3 is 0 Å². The molecule has 0 unspecified atom stereocenters. The van der Waals surface area contributed by atoms with E-state index >= 15 is 0 Å². The van der Waals surface area contributed by atoms with Gasteiger partial charge in [-0.25, -0.2) is 0 Å². The molecule has 0 amide bonds. The zero-order valence-corrected chi connectivity index (χ0v) is 9.77. The van der Waals surface area contributed by atoms with Crippen LogP contribution in [0.3, 0.4) is 0 Å². The summed E-state index contributed by atoms with van der Waals surface area (Å²) in [5, 5.41) is 11.2. The van der Waals surface area contributed by atoms with E-state index in [1.165, 1.54) is 0 Å². The number of hydrogen-bond donors (Lipinski definition) is 3. The van der Waals surface area contributed by atoms with Crippen LogP contribution in [0.5, 0.6) is 0 Å². The largest absolute Gasteiger partial charge is 0.380 e. The number of rotatable bonds is 2. The Morgan fingerprint density at radius 3 is 2.19 bits per heavy atom. The van der Waals surface area contributed by atoms with Crippen molar-refractivity contribution in [2.45, 2.75) is 0 Å². The van der Waals surface area contributed by atoms with Gasteiger partial charge in [0.05, 0.1) is 5.69 Å². The molecule has 0 bridgehead atoms. The van der Waals surface area contributed by atoms with Crippen LogP contribution in [0.2, 0.25) is 0 Å². The minimum atomic E-state index is 0.210. The summed E-state index contributed by atoms with van der Waals surface area (Å²) in [7, 11) is 0. The van der Waals surface area contributed by atoms with Crippen molar-refractivity contribution in [2.24, 2.45) is 26.8 Å². The molecule has 0 aliphatic carbocycles. The van der Waals surface area contributed by atoms with Gasteiger partial charge in [0.1, 0.15) is 0 Å². The summed E-state index contributed by atoms with van der Waals surface area (Å²) in [5.74, 6) is 0.421. The normalized spacial score (nSPS) is 14.4. The lowest BCUT2D eigenvalue weighted by molar-refractivity contribution is 1.25. The van der Waals surface area contributed by atoms with Gasteiger partial charge in [-0.1, -0.05) is 15.9 Å². The number of hydrogen-bond acceptors (Lipinski definition) is 6. The highest BCUT2D eigenvalue weighted by Crippen LogP contribution is 2.14. The number of amidine groups is 2. The molecule has 2 rings (SSSR count). The number of benzene rings is 1. The van der Waals surface area contributed by atoms with Crippen LogP contribution >= 0.6 is 15.9 Å². The second-order valence-corrected chi connectivity index (χ2v) is 3.97. The molecular formula is C9H9BrN6. The maximum absolute atomic E-state index is 5.53. The van der Waals surface area contributed by atoms with Crippen LogP contribution in [-0.4, -0.2) is 17.4 Å². The molecule has 5 N–H and O–H groups in total. The lowest BCUT2D eigenvalue weighted by Gasteiger charge is -2.02. The molecule has 0 saturated carbocycles. The molecule has 0 fully saturated rings. The van der Waals surface area contributed by atoms with Crippen molar-refractivity contribution in [3.05, 3.63) is 28.7 Å². The number of halogens is 1. The Morgan fingerprint density at radius 1 is 1.06 bits per heavy atom. The summed E-state index contributed by atoms with van der Waals surface area (Å²) in [6, 6.07) is 7.52. The first-order valence-corrected chi connectivity index (χ1v) is 5.23. The van der Waals surface area contributed by atoms with E-state index in [0.29, 0.717) is 5.71 Å². The average Bonchev–Trinajstić information content (AvgIpc) is 2.59. The van der Waals surface area contributed by atoms with E-state index in [-0.39, 0.29) is 11.7 Å². The molecular weight excluding hydrogens is 272 g/mol. The number of nitrogens with one attached hydrogen (secondary N) is 1. The summed E-state index contributed by atoms with van der Waals surface area (Å²) < 4.78 is 0.994. The van der Waals surface area contributed by atoms with E-state index in [1.54, 1.807) is 0 Å². The molecule has 6 nitrogen and oxygen atoms in total. The third kappa shape index (κ3) is 2.19. The van der Waals surface area contributed by atoms with Gasteiger partial charge in [-0.15, -0.1) is 10.2 Å². The topological polar surface area (TPSA) is 101 Å². The van der Waals surface area contributed by atoms with Crippen molar-refractivity contribution >= 4 is 39.0 Å². The van der Waals surface area contributed by atoms with E-state index in [4.69, 9.17) is 11.5 Å². The van der Waals surface area contributed by atoms with Crippen molar-refractivity contribution in [3.63, 3.8) is 0 Å². The lowest BCUT2D eigenvalue weighted by Crippen LogP contribution is -2.32. The minimum absolute atomic E-state index is 0.210. The van der Waals surface area contributed by atoms with E-state index < -0.39 is 0 Å². The van der Waals surface area contributed by atoms with Crippen LogP contribution in [0.4, 0.5) is 5.69 Å². The molecule has 0 aromatic heterocycles. The van der Waals surface area contributed by atoms with Crippen molar-refractivity contribution in [3.8, 4) is 0 Å². The summed E-state index contributed by atoms with van der Waals surface area (Å²) in [5.41, 5.74) is 15.1.